The molecule has 1 aliphatic carbocycles. The van der Waals surface area contributed by atoms with Crippen molar-refractivity contribution < 1.29 is 9.53 Å². The third-order valence-electron chi connectivity index (χ3n) is 3.63. The second kappa shape index (κ2) is 6.09. The molecular formula is C16H23NO2. The SMILES string of the molecule is Cc1ccc(OCCC(=O)NC(C)C2CC2)c(C)c1. The maximum atomic E-state index is 11.7. The van der Waals surface area contributed by atoms with Crippen molar-refractivity contribution >= 4 is 5.91 Å². The van der Waals surface area contributed by atoms with Crippen molar-refractivity contribution in [1.29, 1.82) is 0 Å². The zero-order valence-corrected chi connectivity index (χ0v) is 12.0. The molecule has 0 aliphatic heterocycles. The normalized spacial score (nSPS) is 15.9. The van der Waals surface area contributed by atoms with Crippen LogP contribution in [0.2, 0.25) is 0 Å². The van der Waals surface area contributed by atoms with Gasteiger partial charge in [0.2, 0.25) is 5.91 Å². The quantitative estimate of drug-likeness (QED) is 0.855. The molecule has 0 saturated heterocycles. The molecule has 1 aromatic rings. The Labute approximate surface area is 115 Å². The third kappa shape index (κ3) is 4.27. The lowest BCUT2D eigenvalue weighted by Crippen LogP contribution is -2.34. The zero-order valence-electron chi connectivity index (χ0n) is 12.0. The minimum Gasteiger partial charge on any atom is -0.493 e. The van der Waals surface area contributed by atoms with Crippen molar-refractivity contribution in [1.82, 2.24) is 5.32 Å². The molecule has 0 bridgehead atoms. The smallest absolute Gasteiger partial charge is 0.223 e. The first-order valence-electron chi connectivity index (χ1n) is 7.05. The fourth-order valence-corrected chi connectivity index (χ4v) is 2.26. The number of benzene rings is 1. The van der Waals surface area contributed by atoms with Crippen LogP contribution in [0.1, 0.15) is 37.3 Å². The number of amides is 1. The fourth-order valence-electron chi connectivity index (χ4n) is 2.26. The van der Waals surface area contributed by atoms with E-state index in [1.54, 1.807) is 0 Å². The maximum absolute atomic E-state index is 11.7. The number of carbonyl (C=O) groups is 1. The van der Waals surface area contributed by atoms with Crippen LogP contribution in [0.3, 0.4) is 0 Å². The van der Waals surface area contributed by atoms with Gasteiger partial charge < -0.3 is 10.1 Å². The topological polar surface area (TPSA) is 38.3 Å². The number of ether oxygens (including phenoxy) is 1. The summed E-state index contributed by atoms with van der Waals surface area (Å²) in [5, 5.41) is 3.03. The molecule has 3 nitrogen and oxygen atoms in total. The van der Waals surface area contributed by atoms with Gasteiger partial charge in [0.25, 0.3) is 0 Å². The van der Waals surface area contributed by atoms with Crippen molar-refractivity contribution in [2.24, 2.45) is 5.92 Å². The Kier molecular flexibility index (Phi) is 4.46. The summed E-state index contributed by atoms with van der Waals surface area (Å²) in [4.78, 5) is 11.7. The molecule has 1 atom stereocenters. The lowest BCUT2D eigenvalue weighted by molar-refractivity contribution is -0.122. The third-order valence-corrected chi connectivity index (χ3v) is 3.63. The van der Waals surface area contributed by atoms with Gasteiger partial charge in [0.15, 0.2) is 0 Å². The van der Waals surface area contributed by atoms with Gasteiger partial charge in [0, 0.05) is 6.04 Å². The van der Waals surface area contributed by atoms with E-state index in [4.69, 9.17) is 4.74 Å². The van der Waals surface area contributed by atoms with E-state index < -0.39 is 0 Å². The van der Waals surface area contributed by atoms with Gasteiger partial charge in [0.05, 0.1) is 13.0 Å². The maximum Gasteiger partial charge on any atom is 0.223 e. The van der Waals surface area contributed by atoms with Crippen molar-refractivity contribution in [2.45, 2.75) is 46.1 Å². The first-order valence-corrected chi connectivity index (χ1v) is 7.05. The Morgan fingerprint density at radius 3 is 2.79 bits per heavy atom. The Morgan fingerprint density at radius 2 is 2.16 bits per heavy atom. The highest BCUT2D eigenvalue weighted by molar-refractivity contribution is 5.76. The molecular weight excluding hydrogens is 238 g/mol. The fraction of sp³-hybridized carbons (Fsp3) is 0.562. The summed E-state index contributed by atoms with van der Waals surface area (Å²) >= 11 is 0. The largest absolute Gasteiger partial charge is 0.493 e. The molecule has 2 rings (SSSR count). The molecule has 0 spiro atoms. The van der Waals surface area contributed by atoms with Crippen molar-refractivity contribution in [3.8, 4) is 5.75 Å². The Hall–Kier alpha value is -1.51. The minimum atomic E-state index is 0.0872. The number of rotatable bonds is 6. The predicted octanol–water partition coefficient (Wildman–Crippen LogP) is 2.99. The molecule has 0 radical (unpaired) electrons. The molecule has 0 heterocycles. The van der Waals surface area contributed by atoms with Crippen LogP contribution < -0.4 is 10.1 Å². The van der Waals surface area contributed by atoms with E-state index in [-0.39, 0.29) is 5.91 Å². The summed E-state index contributed by atoms with van der Waals surface area (Å²) in [5.41, 5.74) is 2.34. The lowest BCUT2D eigenvalue weighted by atomic mass is 10.1. The Bertz CT molecular complexity index is 452. The van der Waals surface area contributed by atoms with E-state index in [0.717, 1.165) is 11.3 Å². The molecule has 104 valence electrons. The first-order chi connectivity index (χ1) is 9.06. The van der Waals surface area contributed by atoms with E-state index in [1.165, 1.54) is 18.4 Å². The molecule has 1 unspecified atom stereocenters. The number of carbonyl (C=O) groups excluding carboxylic acids is 1. The summed E-state index contributed by atoms with van der Waals surface area (Å²) in [7, 11) is 0. The minimum absolute atomic E-state index is 0.0872. The summed E-state index contributed by atoms with van der Waals surface area (Å²) in [5.74, 6) is 1.65. The summed E-state index contributed by atoms with van der Waals surface area (Å²) < 4.78 is 5.66. The van der Waals surface area contributed by atoms with Gasteiger partial charge in [-0.1, -0.05) is 17.7 Å². The number of hydrogen-bond acceptors (Lipinski definition) is 2. The standard InChI is InChI=1S/C16H23NO2/c1-11-4-7-15(12(2)10-11)19-9-8-16(18)17-13(3)14-5-6-14/h4,7,10,13-14H,5-6,8-9H2,1-3H3,(H,17,18). The molecule has 1 aliphatic rings. The molecule has 1 saturated carbocycles. The monoisotopic (exact) mass is 261 g/mol. The van der Waals surface area contributed by atoms with Gasteiger partial charge in [0.1, 0.15) is 5.75 Å². The lowest BCUT2D eigenvalue weighted by Gasteiger charge is -2.13. The zero-order chi connectivity index (χ0) is 13.8. The van der Waals surface area contributed by atoms with Gasteiger partial charge in [-0.3, -0.25) is 4.79 Å². The van der Waals surface area contributed by atoms with Crippen LogP contribution in [-0.4, -0.2) is 18.6 Å². The van der Waals surface area contributed by atoms with E-state index in [0.29, 0.717) is 25.0 Å². The highest BCUT2D eigenvalue weighted by atomic mass is 16.5. The first kappa shape index (κ1) is 13.9. The van der Waals surface area contributed by atoms with Crippen molar-refractivity contribution in [2.75, 3.05) is 6.61 Å². The molecule has 1 amide bonds. The summed E-state index contributed by atoms with van der Waals surface area (Å²) in [6.07, 6.45) is 2.92. The highest BCUT2D eigenvalue weighted by Crippen LogP contribution is 2.32. The number of aryl methyl sites for hydroxylation is 2. The number of nitrogens with one attached hydrogen (secondary N) is 1. The van der Waals surface area contributed by atoms with Crippen LogP contribution in [0.5, 0.6) is 5.75 Å². The second-order valence-corrected chi connectivity index (χ2v) is 5.56. The Morgan fingerprint density at radius 1 is 1.42 bits per heavy atom. The average molecular weight is 261 g/mol. The number of hydrogen-bond donors (Lipinski definition) is 1. The van der Waals surface area contributed by atoms with Gasteiger partial charge in [-0.05, 0) is 51.2 Å². The van der Waals surface area contributed by atoms with E-state index in [9.17, 15) is 4.79 Å². The van der Waals surface area contributed by atoms with E-state index >= 15 is 0 Å². The molecule has 0 aromatic heterocycles. The Balaban J connectivity index is 1.71. The van der Waals surface area contributed by atoms with Crippen LogP contribution in [0.4, 0.5) is 0 Å². The molecule has 1 aromatic carbocycles. The van der Waals surface area contributed by atoms with Crippen LogP contribution in [-0.2, 0) is 4.79 Å². The van der Waals surface area contributed by atoms with Gasteiger partial charge in [-0.15, -0.1) is 0 Å². The molecule has 1 fully saturated rings. The average Bonchev–Trinajstić information content (AvgIpc) is 3.16. The van der Waals surface area contributed by atoms with E-state index in [2.05, 4.69) is 25.2 Å². The van der Waals surface area contributed by atoms with Crippen LogP contribution in [0.15, 0.2) is 18.2 Å². The molecule has 1 N–H and O–H groups in total. The van der Waals surface area contributed by atoms with Crippen LogP contribution in [0, 0.1) is 19.8 Å². The van der Waals surface area contributed by atoms with Gasteiger partial charge >= 0.3 is 0 Å². The van der Waals surface area contributed by atoms with Gasteiger partial charge in [-0.2, -0.15) is 0 Å². The summed E-state index contributed by atoms with van der Waals surface area (Å²) in [6.45, 7) is 6.61. The predicted molar refractivity (Wildman–Crippen MR) is 76.4 cm³/mol. The van der Waals surface area contributed by atoms with Crippen LogP contribution >= 0.6 is 0 Å². The highest BCUT2D eigenvalue weighted by Gasteiger charge is 2.28. The van der Waals surface area contributed by atoms with Crippen LogP contribution in [0.25, 0.3) is 0 Å². The second-order valence-electron chi connectivity index (χ2n) is 5.56. The molecule has 19 heavy (non-hydrogen) atoms. The summed E-state index contributed by atoms with van der Waals surface area (Å²) in [6, 6.07) is 6.39. The van der Waals surface area contributed by atoms with E-state index in [1.807, 2.05) is 19.1 Å². The molecule has 3 heteroatoms. The van der Waals surface area contributed by atoms with Crippen molar-refractivity contribution in [3.05, 3.63) is 29.3 Å². The van der Waals surface area contributed by atoms with Gasteiger partial charge in [-0.25, -0.2) is 0 Å². The van der Waals surface area contributed by atoms with Crippen molar-refractivity contribution in [3.63, 3.8) is 0 Å².